The molecule has 0 heterocycles. The molecule has 6 nitrogen and oxygen atoms in total. The highest BCUT2D eigenvalue weighted by atomic mass is 35.5. The smallest absolute Gasteiger partial charge is 0.326 e. The van der Waals surface area contributed by atoms with Gasteiger partial charge in [0, 0.05) is 12.3 Å². The average molecular weight is 448 g/mol. The number of rotatable bonds is 8. The minimum atomic E-state index is -2.36. The first-order valence-electron chi connectivity index (χ1n) is 9.48. The number of carboxylic acids is 1. The van der Waals surface area contributed by atoms with Crippen molar-refractivity contribution in [1.82, 2.24) is 0 Å². The molecule has 0 amide bonds. The number of nitrogens with two attached hydrogens (primary N) is 1. The third-order valence-electron chi connectivity index (χ3n) is 5.74. The van der Waals surface area contributed by atoms with Crippen LogP contribution in [0.4, 0.5) is 4.39 Å². The molecule has 1 aromatic rings. The van der Waals surface area contributed by atoms with Crippen molar-refractivity contribution in [2.75, 3.05) is 0 Å². The summed E-state index contributed by atoms with van der Waals surface area (Å²) in [6.07, 6.45) is -0.248. The van der Waals surface area contributed by atoms with Crippen LogP contribution in [0.25, 0.3) is 0 Å². The van der Waals surface area contributed by atoms with Crippen LogP contribution in [0.2, 0.25) is 10.0 Å². The van der Waals surface area contributed by atoms with Gasteiger partial charge in [0.1, 0.15) is 0 Å². The molecule has 2 fully saturated rings. The van der Waals surface area contributed by atoms with Gasteiger partial charge in [0.05, 0.1) is 28.7 Å². The van der Waals surface area contributed by atoms with Crippen LogP contribution in [0.5, 0.6) is 0 Å². The third kappa shape index (κ3) is 4.10. The Bertz CT molecular complexity index is 822. The molecule has 9 heteroatoms. The van der Waals surface area contributed by atoms with Gasteiger partial charge < -0.3 is 20.3 Å². The molecule has 29 heavy (non-hydrogen) atoms. The van der Waals surface area contributed by atoms with E-state index in [0.29, 0.717) is 22.0 Å². The summed E-state index contributed by atoms with van der Waals surface area (Å²) in [6, 6.07) is 4.90. The molecule has 5 atom stereocenters. The lowest BCUT2D eigenvalue weighted by Crippen LogP contribution is -2.60. The molecule has 0 aliphatic heterocycles. The largest absolute Gasteiger partial charge is 0.480 e. The number of aliphatic carboxylic acids is 1. The van der Waals surface area contributed by atoms with E-state index in [-0.39, 0.29) is 25.4 Å². The summed E-state index contributed by atoms with van der Waals surface area (Å²) >= 11 is 11.9. The summed E-state index contributed by atoms with van der Waals surface area (Å²) in [5.74, 6) is -6.10. The fourth-order valence-electron chi connectivity index (χ4n) is 4.05. The molecule has 0 radical (unpaired) electrons. The zero-order chi connectivity index (χ0) is 21.6. The predicted molar refractivity (Wildman–Crippen MR) is 105 cm³/mol. The molecule has 2 aliphatic carbocycles. The zero-order valence-electron chi connectivity index (χ0n) is 16.2. The van der Waals surface area contributed by atoms with Crippen LogP contribution >= 0.6 is 23.2 Å². The van der Waals surface area contributed by atoms with Crippen LogP contribution in [-0.4, -0.2) is 34.5 Å². The SMILES string of the molecule is CC(C)CCC(=O)O[C@@]1(F)[C@@H]2C[C@@H](OCc3ccc(Cl)c(Cl)c3)[C@@](N)(C(=O)O)[C@@H]21. The summed E-state index contributed by atoms with van der Waals surface area (Å²) in [5.41, 5.74) is 4.81. The Balaban J connectivity index is 1.67. The van der Waals surface area contributed by atoms with Crippen molar-refractivity contribution in [3.05, 3.63) is 33.8 Å². The molecule has 0 unspecified atom stereocenters. The van der Waals surface area contributed by atoms with Crippen molar-refractivity contribution in [2.24, 2.45) is 23.5 Å². The maximum Gasteiger partial charge on any atom is 0.326 e. The van der Waals surface area contributed by atoms with Gasteiger partial charge in [-0.15, -0.1) is 0 Å². The van der Waals surface area contributed by atoms with Crippen LogP contribution in [0.15, 0.2) is 18.2 Å². The van der Waals surface area contributed by atoms with Gasteiger partial charge in [-0.1, -0.05) is 43.1 Å². The fraction of sp³-hybridized carbons (Fsp3) is 0.600. The van der Waals surface area contributed by atoms with E-state index in [1.165, 1.54) is 0 Å². The molecule has 3 N–H and O–H groups in total. The second-order valence-corrected chi connectivity index (χ2v) is 9.02. The van der Waals surface area contributed by atoms with Crippen molar-refractivity contribution in [1.29, 1.82) is 0 Å². The summed E-state index contributed by atoms with van der Waals surface area (Å²) in [7, 11) is 0. The number of hydrogen-bond donors (Lipinski definition) is 2. The number of ether oxygens (including phenoxy) is 2. The molecule has 0 aromatic heterocycles. The lowest BCUT2D eigenvalue weighted by molar-refractivity contribution is -0.178. The van der Waals surface area contributed by atoms with Gasteiger partial charge in [-0.2, -0.15) is 4.39 Å². The number of benzene rings is 1. The Kier molecular flexibility index (Phi) is 6.16. The van der Waals surface area contributed by atoms with Crippen molar-refractivity contribution < 1.29 is 28.6 Å². The van der Waals surface area contributed by atoms with Gasteiger partial charge >= 0.3 is 11.9 Å². The number of carboxylic acid groups (broad SMARTS) is 1. The summed E-state index contributed by atoms with van der Waals surface area (Å²) in [6.45, 7) is 3.92. The number of alkyl halides is 1. The van der Waals surface area contributed by atoms with Gasteiger partial charge in [-0.05, 0) is 36.5 Å². The summed E-state index contributed by atoms with van der Waals surface area (Å²) < 4.78 is 25.9. The first kappa shape index (κ1) is 22.3. The number of hydrogen-bond acceptors (Lipinski definition) is 5. The summed E-state index contributed by atoms with van der Waals surface area (Å²) in [4.78, 5) is 23.9. The van der Waals surface area contributed by atoms with Crippen LogP contribution < -0.4 is 5.73 Å². The minimum Gasteiger partial charge on any atom is -0.480 e. The lowest BCUT2D eigenvalue weighted by atomic mass is 9.90. The minimum absolute atomic E-state index is 0.0423. The second kappa shape index (κ2) is 8.02. The number of fused-ring (bicyclic) bond motifs is 1. The van der Waals surface area contributed by atoms with Crippen molar-refractivity contribution in [3.8, 4) is 0 Å². The number of carbonyl (C=O) groups is 2. The Morgan fingerprint density at radius 2 is 2.03 bits per heavy atom. The molecule has 0 saturated heterocycles. The van der Waals surface area contributed by atoms with E-state index < -0.39 is 41.3 Å². The molecule has 160 valence electrons. The molecule has 2 saturated carbocycles. The van der Waals surface area contributed by atoms with E-state index in [4.69, 9.17) is 38.4 Å². The monoisotopic (exact) mass is 447 g/mol. The number of esters is 1. The first-order chi connectivity index (χ1) is 13.5. The molecule has 2 aliphatic rings. The quantitative estimate of drug-likeness (QED) is 0.585. The molecule has 3 rings (SSSR count). The fourth-order valence-corrected chi connectivity index (χ4v) is 4.37. The Labute approximate surface area is 178 Å². The second-order valence-electron chi connectivity index (χ2n) is 8.21. The van der Waals surface area contributed by atoms with Crippen molar-refractivity contribution in [3.63, 3.8) is 0 Å². The first-order valence-corrected chi connectivity index (χ1v) is 10.2. The molecule has 1 aromatic carbocycles. The topological polar surface area (TPSA) is 98.9 Å². The van der Waals surface area contributed by atoms with Gasteiger partial charge in [0.25, 0.3) is 5.85 Å². The van der Waals surface area contributed by atoms with E-state index in [9.17, 15) is 14.7 Å². The van der Waals surface area contributed by atoms with E-state index in [1.54, 1.807) is 18.2 Å². The van der Waals surface area contributed by atoms with Crippen LogP contribution in [0, 0.1) is 17.8 Å². The Morgan fingerprint density at radius 3 is 2.62 bits per heavy atom. The van der Waals surface area contributed by atoms with Crippen molar-refractivity contribution >= 4 is 35.1 Å². The molecular weight excluding hydrogens is 424 g/mol. The summed E-state index contributed by atoms with van der Waals surface area (Å²) in [5, 5.41) is 10.4. The average Bonchev–Trinajstić information content (AvgIpc) is 3.05. The number of carbonyl (C=O) groups excluding carboxylic acids is 1. The van der Waals surface area contributed by atoms with E-state index >= 15 is 4.39 Å². The Morgan fingerprint density at radius 1 is 1.34 bits per heavy atom. The van der Waals surface area contributed by atoms with Gasteiger partial charge in [-0.25, -0.2) is 0 Å². The highest BCUT2D eigenvalue weighted by molar-refractivity contribution is 6.42. The molecular formula is C20H24Cl2FNO5. The maximum atomic E-state index is 15.2. The zero-order valence-corrected chi connectivity index (χ0v) is 17.7. The standard InChI is InChI=1S/C20H24Cl2FNO5/c1-10(2)3-6-16(25)29-20(23)12-8-15(19(24,17(12)20)18(26)27)28-9-11-4-5-13(21)14(22)7-11/h4-5,7,10,12,15,17H,3,6,8-9,24H2,1-2H3,(H,26,27)/t12-,15-,17-,19+,20+/m1/s1. The third-order valence-corrected chi connectivity index (χ3v) is 6.48. The highest BCUT2D eigenvalue weighted by Crippen LogP contribution is 2.67. The van der Waals surface area contributed by atoms with Gasteiger partial charge in [0.15, 0.2) is 5.54 Å². The van der Waals surface area contributed by atoms with Crippen LogP contribution in [0.1, 0.15) is 38.7 Å². The van der Waals surface area contributed by atoms with Crippen LogP contribution in [0.3, 0.4) is 0 Å². The van der Waals surface area contributed by atoms with Gasteiger partial charge in [-0.3, -0.25) is 9.59 Å². The van der Waals surface area contributed by atoms with E-state index in [1.807, 2.05) is 13.8 Å². The Hall–Kier alpha value is -1.41. The van der Waals surface area contributed by atoms with E-state index in [0.717, 1.165) is 0 Å². The maximum absolute atomic E-state index is 15.2. The highest BCUT2D eigenvalue weighted by Gasteiger charge is 2.84. The van der Waals surface area contributed by atoms with Crippen molar-refractivity contribution in [2.45, 2.75) is 57.2 Å². The van der Waals surface area contributed by atoms with Crippen LogP contribution in [-0.2, 0) is 25.7 Å². The lowest BCUT2D eigenvalue weighted by Gasteiger charge is -2.32. The molecule has 0 bridgehead atoms. The number of halogens is 3. The molecule has 0 spiro atoms. The normalized spacial score (nSPS) is 32.9. The predicted octanol–water partition coefficient (Wildman–Crippen LogP) is 3.96. The van der Waals surface area contributed by atoms with Gasteiger partial charge in [0.2, 0.25) is 0 Å². The van der Waals surface area contributed by atoms with E-state index in [2.05, 4.69) is 0 Å².